The molecule has 1 aromatic heterocycles. The Kier molecular flexibility index (Phi) is 7.81. The molecule has 0 radical (unpaired) electrons. The molecule has 5 nitrogen and oxygen atoms in total. The first-order valence-corrected chi connectivity index (χ1v) is 13.3. The summed E-state index contributed by atoms with van der Waals surface area (Å²) in [6, 6.07) is 34.1. The van der Waals surface area contributed by atoms with Crippen molar-refractivity contribution < 1.29 is 9.53 Å². The molecule has 0 aliphatic carbocycles. The maximum absolute atomic E-state index is 12.7. The van der Waals surface area contributed by atoms with E-state index in [0.29, 0.717) is 18.7 Å². The molecule has 1 N–H and O–H groups in total. The molecule has 6 heteroatoms. The number of amides is 1. The number of anilines is 2. The first-order chi connectivity index (χ1) is 18.6. The maximum atomic E-state index is 12.7. The second kappa shape index (κ2) is 11.8. The lowest BCUT2D eigenvalue weighted by molar-refractivity contribution is 0.0951. The van der Waals surface area contributed by atoms with Crippen LogP contribution in [-0.2, 0) is 13.1 Å². The van der Waals surface area contributed by atoms with Gasteiger partial charge >= 0.3 is 0 Å². The number of carbonyl (C=O) groups is 1. The van der Waals surface area contributed by atoms with E-state index in [9.17, 15) is 4.79 Å². The van der Waals surface area contributed by atoms with Crippen molar-refractivity contribution in [1.82, 2.24) is 10.3 Å². The average molecular weight is 520 g/mol. The van der Waals surface area contributed by atoms with E-state index < -0.39 is 0 Å². The number of carbonyl (C=O) groups excluding carboxylic acids is 1. The van der Waals surface area contributed by atoms with Crippen LogP contribution < -0.4 is 15.0 Å². The van der Waals surface area contributed by atoms with E-state index in [1.165, 1.54) is 5.56 Å². The van der Waals surface area contributed by atoms with Gasteiger partial charge in [0.1, 0.15) is 5.75 Å². The van der Waals surface area contributed by atoms with Crippen LogP contribution in [0.5, 0.6) is 5.75 Å². The number of benzene rings is 4. The molecular weight excluding hydrogens is 490 g/mol. The molecular formula is C32H29N3O2S. The number of nitrogens with one attached hydrogen (secondary N) is 1. The highest BCUT2D eigenvalue weighted by Gasteiger charge is 2.16. The Morgan fingerprint density at radius 3 is 2.24 bits per heavy atom. The molecule has 1 heterocycles. The van der Waals surface area contributed by atoms with Crippen molar-refractivity contribution in [2.45, 2.75) is 20.0 Å². The fraction of sp³-hybridized carbons (Fsp3) is 0.125. The third kappa shape index (κ3) is 6.10. The Bertz CT molecular complexity index is 1480. The summed E-state index contributed by atoms with van der Waals surface area (Å²) in [7, 11) is 1.66. The van der Waals surface area contributed by atoms with E-state index in [4.69, 9.17) is 9.72 Å². The number of hydrogen-bond acceptors (Lipinski definition) is 5. The first kappa shape index (κ1) is 25.2. The lowest BCUT2D eigenvalue weighted by atomic mass is 10.1. The summed E-state index contributed by atoms with van der Waals surface area (Å²) in [6.45, 7) is 3.16. The van der Waals surface area contributed by atoms with Crippen LogP contribution in [0.3, 0.4) is 0 Å². The summed E-state index contributed by atoms with van der Waals surface area (Å²) < 4.78 is 5.35. The molecule has 0 saturated heterocycles. The Morgan fingerprint density at radius 2 is 1.55 bits per heavy atom. The molecule has 5 aromatic rings. The summed E-state index contributed by atoms with van der Waals surface area (Å²) in [5.41, 5.74) is 7.04. The topological polar surface area (TPSA) is 54.5 Å². The number of aryl methyl sites for hydroxylation is 1. The molecule has 190 valence electrons. The number of rotatable bonds is 9. The predicted molar refractivity (Wildman–Crippen MR) is 155 cm³/mol. The van der Waals surface area contributed by atoms with Crippen molar-refractivity contribution in [2.24, 2.45) is 0 Å². The predicted octanol–water partition coefficient (Wildman–Crippen LogP) is 7.40. The second-order valence-corrected chi connectivity index (χ2v) is 9.87. The van der Waals surface area contributed by atoms with Gasteiger partial charge in [-0.25, -0.2) is 4.98 Å². The highest BCUT2D eigenvalue weighted by atomic mass is 32.1. The van der Waals surface area contributed by atoms with Crippen LogP contribution in [0.1, 0.15) is 27.0 Å². The molecule has 0 aliphatic rings. The van der Waals surface area contributed by atoms with Gasteiger partial charge in [0, 0.05) is 28.7 Å². The summed E-state index contributed by atoms with van der Waals surface area (Å²) in [5.74, 6) is 0.718. The van der Waals surface area contributed by atoms with Gasteiger partial charge in [0.25, 0.3) is 5.91 Å². The highest BCUT2D eigenvalue weighted by Crippen LogP contribution is 2.34. The number of aromatic nitrogens is 1. The van der Waals surface area contributed by atoms with Gasteiger partial charge in [-0.2, -0.15) is 0 Å². The van der Waals surface area contributed by atoms with Gasteiger partial charge < -0.3 is 15.0 Å². The van der Waals surface area contributed by atoms with Gasteiger partial charge in [-0.3, -0.25) is 4.79 Å². The molecule has 0 unspecified atom stereocenters. The molecule has 5 rings (SSSR count). The molecule has 0 spiro atoms. The minimum absolute atomic E-state index is 0.0865. The van der Waals surface area contributed by atoms with Crippen LogP contribution >= 0.6 is 11.3 Å². The van der Waals surface area contributed by atoms with Crippen molar-refractivity contribution in [2.75, 3.05) is 12.0 Å². The highest BCUT2D eigenvalue weighted by molar-refractivity contribution is 7.14. The zero-order valence-electron chi connectivity index (χ0n) is 21.4. The monoisotopic (exact) mass is 519 g/mol. The van der Waals surface area contributed by atoms with E-state index in [-0.39, 0.29) is 5.91 Å². The van der Waals surface area contributed by atoms with Crippen LogP contribution in [0, 0.1) is 6.92 Å². The van der Waals surface area contributed by atoms with Gasteiger partial charge in [0.05, 0.1) is 19.3 Å². The minimum Gasteiger partial charge on any atom is -0.497 e. The number of hydrogen-bond donors (Lipinski definition) is 1. The molecule has 1 amide bonds. The molecule has 0 bridgehead atoms. The molecule has 0 aliphatic heterocycles. The van der Waals surface area contributed by atoms with Gasteiger partial charge in [0.2, 0.25) is 0 Å². The lowest BCUT2D eigenvalue weighted by Gasteiger charge is -2.22. The van der Waals surface area contributed by atoms with Crippen LogP contribution in [-0.4, -0.2) is 18.0 Å². The number of methoxy groups -OCH3 is 1. The molecule has 0 saturated carbocycles. The molecule has 4 aromatic carbocycles. The number of ether oxygens (including phenoxy) is 1. The van der Waals surface area contributed by atoms with E-state index in [1.54, 1.807) is 18.4 Å². The van der Waals surface area contributed by atoms with Gasteiger partial charge in [-0.1, -0.05) is 72.3 Å². The van der Waals surface area contributed by atoms with E-state index in [0.717, 1.165) is 39.0 Å². The largest absolute Gasteiger partial charge is 0.497 e. The summed E-state index contributed by atoms with van der Waals surface area (Å²) in [4.78, 5) is 19.9. The smallest absolute Gasteiger partial charge is 0.251 e. The summed E-state index contributed by atoms with van der Waals surface area (Å²) >= 11 is 1.61. The Hall–Kier alpha value is -4.42. The van der Waals surface area contributed by atoms with Gasteiger partial charge in [-0.05, 0) is 54.4 Å². The Balaban J connectivity index is 1.33. The fourth-order valence-electron chi connectivity index (χ4n) is 4.10. The normalized spacial score (nSPS) is 10.7. The summed E-state index contributed by atoms with van der Waals surface area (Å²) in [6.07, 6.45) is 0. The SMILES string of the molecule is COc1ccc(N(Cc2ccc(C(=O)NCc3ccc(C)cc3)cc2)c2nc(-c3ccccc3)cs2)cc1. The van der Waals surface area contributed by atoms with Crippen LogP contribution in [0.25, 0.3) is 11.3 Å². The van der Waals surface area contributed by atoms with Crippen LogP contribution in [0.4, 0.5) is 10.8 Å². The Morgan fingerprint density at radius 1 is 0.868 bits per heavy atom. The van der Waals surface area contributed by atoms with E-state index >= 15 is 0 Å². The third-order valence-corrected chi connectivity index (χ3v) is 7.17. The zero-order valence-corrected chi connectivity index (χ0v) is 22.2. The standard InChI is InChI=1S/C32H29N3O2S/c1-23-8-10-24(11-9-23)20-33-31(36)27-14-12-25(13-15-27)21-35(28-16-18-29(37-2)19-17-28)32-34-30(22-38-32)26-6-4-3-5-7-26/h3-19,22H,20-21H2,1-2H3,(H,33,36). The fourth-order valence-corrected chi connectivity index (χ4v) is 4.95. The zero-order chi connectivity index (χ0) is 26.3. The quantitative estimate of drug-likeness (QED) is 0.221. The second-order valence-electron chi connectivity index (χ2n) is 9.03. The average Bonchev–Trinajstić information content (AvgIpc) is 3.46. The summed E-state index contributed by atoms with van der Waals surface area (Å²) in [5, 5.41) is 5.99. The van der Waals surface area contributed by atoms with Crippen molar-refractivity contribution >= 4 is 28.1 Å². The van der Waals surface area contributed by atoms with Crippen molar-refractivity contribution in [3.05, 3.63) is 131 Å². The van der Waals surface area contributed by atoms with Gasteiger partial charge in [-0.15, -0.1) is 11.3 Å². The van der Waals surface area contributed by atoms with Crippen molar-refractivity contribution in [3.63, 3.8) is 0 Å². The van der Waals surface area contributed by atoms with Crippen molar-refractivity contribution in [1.29, 1.82) is 0 Å². The maximum Gasteiger partial charge on any atom is 0.251 e. The van der Waals surface area contributed by atoms with E-state index in [1.807, 2.05) is 78.9 Å². The third-order valence-electron chi connectivity index (χ3n) is 6.31. The number of nitrogens with zero attached hydrogens (tertiary/aromatic N) is 2. The number of thiazole rings is 1. The van der Waals surface area contributed by atoms with Gasteiger partial charge in [0.15, 0.2) is 5.13 Å². The van der Waals surface area contributed by atoms with E-state index in [2.05, 4.69) is 46.8 Å². The first-order valence-electron chi connectivity index (χ1n) is 12.4. The Labute approximate surface area is 227 Å². The molecule has 0 atom stereocenters. The van der Waals surface area contributed by atoms with Crippen LogP contribution in [0.15, 0.2) is 109 Å². The van der Waals surface area contributed by atoms with Crippen molar-refractivity contribution in [3.8, 4) is 17.0 Å². The van der Waals surface area contributed by atoms with Crippen LogP contribution in [0.2, 0.25) is 0 Å². The molecule has 38 heavy (non-hydrogen) atoms. The lowest BCUT2D eigenvalue weighted by Crippen LogP contribution is -2.23. The minimum atomic E-state index is -0.0865. The molecule has 0 fully saturated rings.